The summed E-state index contributed by atoms with van der Waals surface area (Å²) in [4.78, 5) is 18.9. The smallest absolute Gasteiger partial charge is 0.273 e. The van der Waals surface area contributed by atoms with E-state index >= 15 is 0 Å². The summed E-state index contributed by atoms with van der Waals surface area (Å²) in [5.74, 6) is 0.502. The third kappa shape index (κ3) is 2.97. The minimum Gasteiger partial charge on any atom is -0.336 e. The number of aromatic nitrogens is 3. The van der Waals surface area contributed by atoms with Crippen LogP contribution in [-0.2, 0) is 6.54 Å². The lowest BCUT2D eigenvalue weighted by molar-refractivity contribution is 0.0456. The second kappa shape index (κ2) is 6.20. The van der Waals surface area contributed by atoms with E-state index in [0.29, 0.717) is 11.6 Å². The molecule has 3 aromatic rings. The van der Waals surface area contributed by atoms with Gasteiger partial charge >= 0.3 is 0 Å². The largest absolute Gasteiger partial charge is 0.336 e. The number of carbonyl (C=O) groups excluding carboxylic acids is 1. The van der Waals surface area contributed by atoms with Gasteiger partial charge in [0.1, 0.15) is 10.7 Å². The number of carbonyl (C=O) groups is 1. The SMILES string of the molecule is Cc1cnn(CC2CN(C(=O)c3csc(-c4ccccc4)n3)C2)c1. The van der Waals surface area contributed by atoms with E-state index in [1.165, 1.54) is 11.3 Å². The second-order valence-corrected chi connectivity index (χ2v) is 7.08. The number of benzene rings is 1. The van der Waals surface area contributed by atoms with Crippen LogP contribution in [0.4, 0.5) is 0 Å². The molecule has 1 aliphatic heterocycles. The van der Waals surface area contributed by atoms with E-state index in [-0.39, 0.29) is 5.91 Å². The van der Waals surface area contributed by atoms with Gasteiger partial charge < -0.3 is 4.90 Å². The van der Waals surface area contributed by atoms with Gasteiger partial charge in [-0.3, -0.25) is 9.48 Å². The van der Waals surface area contributed by atoms with Gasteiger partial charge in [-0.25, -0.2) is 4.98 Å². The lowest BCUT2D eigenvalue weighted by atomic mass is 10.00. The van der Waals surface area contributed by atoms with Crippen LogP contribution in [-0.4, -0.2) is 38.7 Å². The summed E-state index contributed by atoms with van der Waals surface area (Å²) in [5.41, 5.74) is 2.77. The first-order valence-electron chi connectivity index (χ1n) is 7.98. The maximum absolute atomic E-state index is 12.5. The molecular formula is C18H18N4OS. The van der Waals surface area contributed by atoms with Crippen molar-refractivity contribution in [3.8, 4) is 10.6 Å². The molecule has 0 radical (unpaired) electrons. The van der Waals surface area contributed by atoms with Crippen LogP contribution in [0.25, 0.3) is 10.6 Å². The van der Waals surface area contributed by atoms with Crippen molar-refractivity contribution < 1.29 is 4.79 Å². The average molecular weight is 338 g/mol. The minimum absolute atomic E-state index is 0.0290. The van der Waals surface area contributed by atoms with E-state index in [1.807, 2.05) is 64.6 Å². The molecule has 5 nitrogen and oxygen atoms in total. The fraction of sp³-hybridized carbons (Fsp3) is 0.278. The summed E-state index contributed by atoms with van der Waals surface area (Å²) < 4.78 is 1.96. The van der Waals surface area contributed by atoms with E-state index in [0.717, 1.165) is 35.8 Å². The van der Waals surface area contributed by atoms with Crippen molar-refractivity contribution in [1.29, 1.82) is 0 Å². The highest BCUT2D eigenvalue weighted by Gasteiger charge is 2.32. The van der Waals surface area contributed by atoms with Crippen LogP contribution in [0.5, 0.6) is 0 Å². The van der Waals surface area contributed by atoms with Gasteiger partial charge in [-0.15, -0.1) is 11.3 Å². The van der Waals surface area contributed by atoms with Gasteiger partial charge in [-0.2, -0.15) is 5.10 Å². The number of likely N-dealkylation sites (tertiary alicyclic amines) is 1. The first-order chi connectivity index (χ1) is 11.7. The zero-order valence-corrected chi connectivity index (χ0v) is 14.2. The van der Waals surface area contributed by atoms with Crippen LogP contribution < -0.4 is 0 Å². The van der Waals surface area contributed by atoms with Crippen molar-refractivity contribution in [2.24, 2.45) is 5.92 Å². The third-order valence-electron chi connectivity index (χ3n) is 4.20. The number of amides is 1. The highest BCUT2D eigenvalue weighted by Crippen LogP contribution is 2.26. The summed E-state index contributed by atoms with van der Waals surface area (Å²) in [5, 5.41) is 7.05. The van der Waals surface area contributed by atoms with Gasteiger partial charge in [0.15, 0.2) is 0 Å². The number of aryl methyl sites for hydroxylation is 1. The number of thiazole rings is 1. The summed E-state index contributed by atoms with van der Waals surface area (Å²) in [6, 6.07) is 9.96. The molecule has 24 heavy (non-hydrogen) atoms. The van der Waals surface area contributed by atoms with E-state index in [1.54, 1.807) is 0 Å². The molecule has 0 bridgehead atoms. The van der Waals surface area contributed by atoms with Gasteiger partial charge in [0.2, 0.25) is 0 Å². The zero-order valence-electron chi connectivity index (χ0n) is 13.4. The Morgan fingerprint density at radius 3 is 2.79 bits per heavy atom. The lowest BCUT2D eigenvalue weighted by Crippen LogP contribution is -2.51. The molecule has 4 rings (SSSR count). The lowest BCUT2D eigenvalue weighted by Gasteiger charge is -2.38. The van der Waals surface area contributed by atoms with E-state index < -0.39 is 0 Å². The Morgan fingerprint density at radius 2 is 2.08 bits per heavy atom. The number of hydrogen-bond acceptors (Lipinski definition) is 4. The number of nitrogens with zero attached hydrogens (tertiary/aromatic N) is 4. The van der Waals surface area contributed by atoms with Gasteiger partial charge in [0, 0.05) is 42.7 Å². The molecule has 0 aliphatic carbocycles. The number of rotatable bonds is 4. The maximum atomic E-state index is 12.5. The molecule has 6 heteroatoms. The summed E-state index contributed by atoms with van der Waals surface area (Å²) >= 11 is 1.52. The molecule has 1 aromatic carbocycles. The predicted octanol–water partition coefficient (Wildman–Crippen LogP) is 3.09. The van der Waals surface area contributed by atoms with Crippen LogP contribution in [0.3, 0.4) is 0 Å². The van der Waals surface area contributed by atoms with Crippen LogP contribution in [0.15, 0.2) is 48.1 Å². The molecular weight excluding hydrogens is 320 g/mol. The second-order valence-electron chi connectivity index (χ2n) is 6.22. The molecule has 1 fully saturated rings. The quantitative estimate of drug-likeness (QED) is 0.734. The standard InChI is InChI=1S/C18H18N4OS/c1-13-7-19-22(8-13)11-14-9-21(10-14)18(23)16-12-24-17(20-16)15-5-3-2-4-6-15/h2-8,12,14H,9-11H2,1H3. The van der Waals surface area contributed by atoms with Crippen molar-refractivity contribution >= 4 is 17.2 Å². The van der Waals surface area contributed by atoms with Crippen molar-refractivity contribution in [2.45, 2.75) is 13.5 Å². The van der Waals surface area contributed by atoms with Crippen LogP contribution in [0, 0.1) is 12.8 Å². The Labute approximate surface area is 144 Å². The molecule has 1 aliphatic rings. The molecule has 0 spiro atoms. The highest BCUT2D eigenvalue weighted by atomic mass is 32.1. The van der Waals surface area contributed by atoms with Gasteiger partial charge in [-0.05, 0) is 12.5 Å². The normalized spacial score (nSPS) is 14.6. The zero-order chi connectivity index (χ0) is 16.5. The molecule has 1 saturated heterocycles. The molecule has 3 heterocycles. The Kier molecular flexibility index (Phi) is 3.90. The Balaban J connectivity index is 1.37. The number of hydrogen-bond donors (Lipinski definition) is 0. The molecule has 1 amide bonds. The van der Waals surface area contributed by atoms with E-state index in [4.69, 9.17) is 0 Å². The monoisotopic (exact) mass is 338 g/mol. The van der Waals surface area contributed by atoms with Crippen molar-refractivity contribution in [2.75, 3.05) is 13.1 Å². The van der Waals surface area contributed by atoms with Crippen molar-refractivity contribution in [1.82, 2.24) is 19.7 Å². The maximum Gasteiger partial charge on any atom is 0.273 e. The molecule has 0 N–H and O–H groups in total. The van der Waals surface area contributed by atoms with Crippen molar-refractivity contribution in [3.05, 3.63) is 59.4 Å². The third-order valence-corrected chi connectivity index (χ3v) is 5.09. The Bertz CT molecular complexity index is 849. The Hall–Kier alpha value is -2.47. The highest BCUT2D eigenvalue weighted by molar-refractivity contribution is 7.13. The van der Waals surface area contributed by atoms with Gasteiger partial charge in [0.25, 0.3) is 5.91 Å². The molecule has 0 saturated carbocycles. The summed E-state index contributed by atoms with van der Waals surface area (Å²) in [6.07, 6.45) is 3.90. The molecule has 0 unspecified atom stereocenters. The van der Waals surface area contributed by atoms with E-state index in [9.17, 15) is 4.79 Å². The fourth-order valence-electron chi connectivity index (χ4n) is 2.93. The molecule has 0 atom stereocenters. The molecule has 2 aromatic heterocycles. The first-order valence-corrected chi connectivity index (χ1v) is 8.86. The topological polar surface area (TPSA) is 51.0 Å². The Morgan fingerprint density at radius 1 is 1.29 bits per heavy atom. The van der Waals surface area contributed by atoms with E-state index in [2.05, 4.69) is 10.1 Å². The van der Waals surface area contributed by atoms with Crippen LogP contribution in [0.1, 0.15) is 16.1 Å². The predicted molar refractivity (Wildman–Crippen MR) is 93.9 cm³/mol. The van der Waals surface area contributed by atoms with Crippen LogP contribution in [0.2, 0.25) is 0 Å². The molecule has 122 valence electrons. The minimum atomic E-state index is 0.0290. The van der Waals surface area contributed by atoms with Gasteiger partial charge in [0.05, 0.1) is 6.20 Å². The van der Waals surface area contributed by atoms with Crippen LogP contribution >= 0.6 is 11.3 Å². The van der Waals surface area contributed by atoms with Gasteiger partial charge in [-0.1, -0.05) is 30.3 Å². The average Bonchev–Trinajstić information content (AvgIpc) is 3.20. The summed E-state index contributed by atoms with van der Waals surface area (Å²) in [6.45, 7) is 4.45. The fourth-order valence-corrected chi connectivity index (χ4v) is 3.73. The first kappa shape index (κ1) is 15.1. The summed E-state index contributed by atoms with van der Waals surface area (Å²) in [7, 11) is 0. The van der Waals surface area contributed by atoms with Crippen molar-refractivity contribution in [3.63, 3.8) is 0 Å².